The number of rotatable bonds is 4. The number of benzene rings is 1. The molecule has 2 nitrogen and oxygen atoms in total. The van der Waals surface area contributed by atoms with Crippen LogP contribution in [-0.2, 0) is 6.54 Å². The van der Waals surface area contributed by atoms with Gasteiger partial charge in [0.25, 0.3) is 0 Å². The summed E-state index contributed by atoms with van der Waals surface area (Å²) in [6, 6.07) is 7.04. The van der Waals surface area contributed by atoms with E-state index >= 15 is 0 Å². The maximum atomic E-state index is 13.4. The van der Waals surface area contributed by atoms with Crippen molar-refractivity contribution in [3.63, 3.8) is 0 Å². The van der Waals surface area contributed by atoms with Crippen molar-refractivity contribution in [3.8, 4) is 0 Å². The molecule has 0 aliphatic heterocycles. The van der Waals surface area contributed by atoms with Gasteiger partial charge in [-0.3, -0.25) is 0 Å². The number of hydrogen-bond acceptors (Lipinski definition) is 3. The highest BCUT2D eigenvalue weighted by Gasteiger charge is 2.11. The van der Waals surface area contributed by atoms with Crippen molar-refractivity contribution < 1.29 is 4.39 Å². The number of thiazole rings is 1. The first-order chi connectivity index (χ1) is 8.18. The van der Waals surface area contributed by atoms with Crippen LogP contribution in [0, 0.1) is 12.7 Å². The van der Waals surface area contributed by atoms with E-state index in [-0.39, 0.29) is 11.9 Å². The van der Waals surface area contributed by atoms with Crippen LogP contribution in [0.1, 0.15) is 29.1 Å². The average molecular weight is 250 g/mol. The molecule has 0 amide bonds. The molecular formula is C13H15FN2S. The Bertz CT molecular complexity index is 496. The quantitative estimate of drug-likeness (QED) is 0.899. The Labute approximate surface area is 105 Å². The predicted molar refractivity (Wildman–Crippen MR) is 68.5 cm³/mol. The third kappa shape index (κ3) is 2.90. The van der Waals surface area contributed by atoms with Crippen molar-refractivity contribution in [2.75, 3.05) is 0 Å². The van der Waals surface area contributed by atoms with Crippen molar-refractivity contribution in [1.82, 2.24) is 10.3 Å². The maximum absolute atomic E-state index is 13.4. The summed E-state index contributed by atoms with van der Waals surface area (Å²) in [7, 11) is 0. The molecule has 1 heterocycles. The minimum Gasteiger partial charge on any atom is -0.305 e. The van der Waals surface area contributed by atoms with Gasteiger partial charge in [0.2, 0.25) is 0 Å². The van der Waals surface area contributed by atoms with Crippen LogP contribution in [0.25, 0.3) is 0 Å². The molecule has 0 fully saturated rings. The molecule has 0 aliphatic rings. The second kappa shape index (κ2) is 5.38. The molecule has 0 saturated carbocycles. The van der Waals surface area contributed by atoms with Gasteiger partial charge in [0.15, 0.2) is 0 Å². The summed E-state index contributed by atoms with van der Waals surface area (Å²) in [5, 5.41) is 3.31. The van der Waals surface area contributed by atoms with E-state index in [4.69, 9.17) is 0 Å². The Hall–Kier alpha value is -1.26. The lowest BCUT2D eigenvalue weighted by atomic mass is 10.2. The molecule has 0 spiro atoms. The Kier molecular flexibility index (Phi) is 3.86. The molecule has 1 aromatic carbocycles. The standard InChI is InChI=1S/C13H15FN2S/c1-9(13-10(2)16-8-17-13)15-7-11-5-3-4-6-12(11)14/h3-6,8-9,15H,7H2,1-2H3. The smallest absolute Gasteiger partial charge is 0.127 e. The van der Waals surface area contributed by atoms with E-state index in [1.807, 2.05) is 18.5 Å². The molecule has 4 heteroatoms. The van der Waals surface area contributed by atoms with Crippen LogP contribution in [0.4, 0.5) is 4.39 Å². The number of aryl methyl sites for hydroxylation is 1. The van der Waals surface area contributed by atoms with Crippen molar-refractivity contribution in [2.24, 2.45) is 0 Å². The highest BCUT2D eigenvalue weighted by molar-refractivity contribution is 7.09. The van der Waals surface area contributed by atoms with Crippen LogP contribution in [-0.4, -0.2) is 4.98 Å². The number of halogens is 1. The zero-order valence-electron chi connectivity index (χ0n) is 9.90. The minimum atomic E-state index is -0.159. The summed E-state index contributed by atoms with van der Waals surface area (Å²) in [5.41, 5.74) is 3.58. The van der Waals surface area contributed by atoms with Crippen LogP contribution in [0.3, 0.4) is 0 Å². The van der Waals surface area contributed by atoms with Gasteiger partial charge in [0.1, 0.15) is 5.82 Å². The van der Waals surface area contributed by atoms with Crippen molar-refractivity contribution >= 4 is 11.3 Å². The Balaban J connectivity index is 2.00. The van der Waals surface area contributed by atoms with E-state index in [0.29, 0.717) is 12.1 Å². The molecule has 1 aromatic heterocycles. The van der Waals surface area contributed by atoms with Crippen LogP contribution in [0.5, 0.6) is 0 Å². The molecule has 2 aromatic rings. The average Bonchev–Trinajstić information content (AvgIpc) is 2.74. The summed E-state index contributed by atoms with van der Waals surface area (Å²) in [4.78, 5) is 5.42. The zero-order chi connectivity index (χ0) is 12.3. The summed E-state index contributed by atoms with van der Waals surface area (Å²) in [6.45, 7) is 4.60. The summed E-state index contributed by atoms with van der Waals surface area (Å²) in [6.07, 6.45) is 0. The van der Waals surface area contributed by atoms with Gasteiger partial charge in [-0.15, -0.1) is 11.3 Å². The lowest BCUT2D eigenvalue weighted by Crippen LogP contribution is -2.18. The van der Waals surface area contributed by atoms with E-state index in [1.54, 1.807) is 23.5 Å². The van der Waals surface area contributed by atoms with Gasteiger partial charge in [-0.1, -0.05) is 18.2 Å². The normalized spacial score (nSPS) is 12.6. The summed E-state index contributed by atoms with van der Waals surface area (Å²) >= 11 is 1.63. The van der Waals surface area contributed by atoms with E-state index < -0.39 is 0 Å². The van der Waals surface area contributed by atoms with Gasteiger partial charge >= 0.3 is 0 Å². The lowest BCUT2D eigenvalue weighted by molar-refractivity contribution is 0.547. The summed E-state index contributed by atoms with van der Waals surface area (Å²) in [5.74, 6) is -0.159. The van der Waals surface area contributed by atoms with Crippen molar-refractivity contribution in [3.05, 3.63) is 51.7 Å². The van der Waals surface area contributed by atoms with Crippen LogP contribution >= 0.6 is 11.3 Å². The Morgan fingerprint density at radius 3 is 2.82 bits per heavy atom. The van der Waals surface area contributed by atoms with Gasteiger partial charge in [0.05, 0.1) is 11.2 Å². The predicted octanol–water partition coefficient (Wildman–Crippen LogP) is 3.44. The molecule has 0 radical (unpaired) electrons. The first kappa shape index (κ1) is 12.2. The van der Waals surface area contributed by atoms with Crippen LogP contribution in [0.15, 0.2) is 29.8 Å². The molecule has 90 valence electrons. The first-order valence-electron chi connectivity index (χ1n) is 5.55. The Morgan fingerprint density at radius 1 is 1.41 bits per heavy atom. The molecule has 1 N–H and O–H groups in total. The monoisotopic (exact) mass is 250 g/mol. The second-order valence-corrected chi connectivity index (χ2v) is 4.88. The van der Waals surface area contributed by atoms with Gasteiger partial charge in [-0.25, -0.2) is 9.37 Å². The van der Waals surface area contributed by atoms with E-state index in [1.165, 1.54) is 10.9 Å². The van der Waals surface area contributed by atoms with Gasteiger partial charge in [0, 0.05) is 23.0 Å². The van der Waals surface area contributed by atoms with Crippen LogP contribution < -0.4 is 5.32 Å². The fourth-order valence-electron chi connectivity index (χ4n) is 1.72. The molecular weight excluding hydrogens is 235 g/mol. The van der Waals surface area contributed by atoms with Crippen LogP contribution in [0.2, 0.25) is 0 Å². The molecule has 0 bridgehead atoms. The molecule has 2 rings (SSSR count). The lowest BCUT2D eigenvalue weighted by Gasteiger charge is -2.13. The maximum Gasteiger partial charge on any atom is 0.127 e. The molecule has 0 aliphatic carbocycles. The van der Waals surface area contributed by atoms with Gasteiger partial charge in [-0.2, -0.15) is 0 Å². The van der Waals surface area contributed by atoms with Gasteiger partial charge in [-0.05, 0) is 19.9 Å². The molecule has 1 atom stereocenters. The van der Waals surface area contributed by atoms with E-state index in [0.717, 1.165) is 5.69 Å². The molecule has 1 unspecified atom stereocenters. The van der Waals surface area contributed by atoms with Crippen molar-refractivity contribution in [2.45, 2.75) is 26.4 Å². The topological polar surface area (TPSA) is 24.9 Å². The number of nitrogens with zero attached hydrogens (tertiary/aromatic N) is 1. The van der Waals surface area contributed by atoms with E-state index in [2.05, 4.69) is 17.2 Å². The minimum absolute atomic E-state index is 0.159. The Morgan fingerprint density at radius 2 is 2.18 bits per heavy atom. The number of hydrogen-bond donors (Lipinski definition) is 1. The highest BCUT2D eigenvalue weighted by atomic mass is 32.1. The fourth-order valence-corrected chi connectivity index (χ4v) is 2.56. The molecule has 17 heavy (non-hydrogen) atoms. The highest BCUT2D eigenvalue weighted by Crippen LogP contribution is 2.21. The third-order valence-electron chi connectivity index (χ3n) is 2.73. The summed E-state index contributed by atoms with van der Waals surface area (Å²) < 4.78 is 13.4. The second-order valence-electron chi connectivity index (χ2n) is 4.00. The SMILES string of the molecule is Cc1ncsc1C(C)NCc1ccccc1F. The fraction of sp³-hybridized carbons (Fsp3) is 0.308. The third-order valence-corrected chi connectivity index (χ3v) is 3.85. The number of aromatic nitrogens is 1. The largest absolute Gasteiger partial charge is 0.305 e. The van der Waals surface area contributed by atoms with Crippen molar-refractivity contribution in [1.29, 1.82) is 0 Å². The van der Waals surface area contributed by atoms with Gasteiger partial charge < -0.3 is 5.32 Å². The number of nitrogens with one attached hydrogen (secondary N) is 1. The molecule has 0 saturated heterocycles. The zero-order valence-corrected chi connectivity index (χ0v) is 10.7. The van der Waals surface area contributed by atoms with E-state index in [9.17, 15) is 4.39 Å². The first-order valence-corrected chi connectivity index (χ1v) is 6.43.